The highest BCUT2D eigenvalue weighted by Crippen LogP contribution is 2.35. The van der Waals surface area contributed by atoms with Crippen LogP contribution in [0.1, 0.15) is 47.6 Å². The zero-order chi connectivity index (χ0) is 33.9. The number of halogens is 5. The number of anilines is 1. The molecule has 252 valence electrons. The van der Waals surface area contributed by atoms with Crippen molar-refractivity contribution in [2.75, 3.05) is 24.2 Å². The number of carboxylic acid groups (broad SMARTS) is 1. The fourth-order valence-electron chi connectivity index (χ4n) is 6.17. The Morgan fingerprint density at radius 3 is 2.57 bits per heavy atom. The van der Waals surface area contributed by atoms with Crippen molar-refractivity contribution in [2.24, 2.45) is 0 Å². The molecule has 3 aromatic rings. The Labute approximate surface area is 273 Å². The minimum Gasteiger partial charge on any atom is -0.465 e. The Kier molecular flexibility index (Phi) is 10.4. The third-order valence-corrected chi connectivity index (χ3v) is 10.6. The standard InChI is InChI=1S/C31H32ClF4N5O5S/c32-20-8-6-18(7-9-20)27(19-12-13-37-26(15-19)31(34,35)36)28(40-30(43)44)29(42)39-25-5-1-4-24(33)23(25)11-10-22-16-38-21-3-2-14-47(45,46)41(22)17-21/h1,4-9,12-13,15,21-22,27-28,38,40H,2-3,10-11,14,16-17H2,(H,39,42)(H,43,44)/t21?,22?,27-,28-/m0/s1. The zero-order valence-electron chi connectivity index (χ0n) is 24.8. The molecule has 3 heterocycles. The van der Waals surface area contributed by atoms with Gasteiger partial charge in [-0.25, -0.2) is 17.6 Å². The number of fused-ring (bicyclic) bond motifs is 2. The predicted molar refractivity (Wildman–Crippen MR) is 166 cm³/mol. The number of carbonyl (C=O) groups excluding carboxylic acids is 1. The molecule has 10 nitrogen and oxygen atoms in total. The van der Waals surface area contributed by atoms with Gasteiger partial charge in [0.05, 0.1) is 5.75 Å². The van der Waals surface area contributed by atoms with Crippen LogP contribution in [-0.2, 0) is 27.4 Å². The Balaban J connectivity index is 1.46. The highest BCUT2D eigenvalue weighted by molar-refractivity contribution is 7.89. The molecule has 4 N–H and O–H groups in total. The summed E-state index contributed by atoms with van der Waals surface area (Å²) in [5.74, 6) is -2.91. The molecule has 47 heavy (non-hydrogen) atoms. The van der Waals surface area contributed by atoms with E-state index in [1.807, 2.05) is 0 Å². The van der Waals surface area contributed by atoms with Crippen molar-refractivity contribution >= 4 is 39.3 Å². The van der Waals surface area contributed by atoms with Gasteiger partial charge in [-0.1, -0.05) is 29.8 Å². The minimum atomic E-state index is -4.82. The third kappa shape index (κ3) is 8.20. The number of aromatic nitrogens is 1. The van der Waals surface area contributed by atoms with Crippen molar-refractivity contribution in [3.63, 3.8) is 0 Å². The molecule has 2 amide bonds. The molecule has 2 saturated heterocycles. The van der Waals surface area contributed by atoms with Gasteiger partial charge in [0.25, 0.3) is 0 Å². The summed E-state index contributed by atoms with van der Waals surface area (Å²) in [6.45, 7) is 0.687. The first kappa shape index (κ1) is 34.5. The van der Waals surface area contributed by atoms with Crippen LogP contribution in [0.5, 0.6) is 0 Å². The van der Waals surface area contributed by atoms with E-state index < -0.39 is 57.7 Å². The quantitative estimate of drug-likeness (QED) is 0.231. The molecule has 2 fully saturated rings. The van der Waals surface area contributed by atoms with Gasteiger partial charge in [0.2, 0.25) is 15.9 Å². The number of hydrogen-bond donors (Lipinski definition) is 4. The van der Waals surface area contributed by atoms with Crippen molar-refractivity contribution in [1.82, 2.24) is 19.9 Å². The van der Waals surface area contributed by atoms with E-state index in [2.05, 4.69) is 20.9 Å². The summed E-state index contributed by atoms with van der Waals surface area (Å²) in [4.78, 5) is 29.2. The maximum absolute atomic E-state index is 15.3. The van der Waals surface area contributed by atoms with Gasteiger partial charge in [0.1, 0.15) is 17.6 Å². The summed E-state index contributed by atoms with van der Waals surface area (Å²) in [6.07, 6.45) is -4.02. The zero-order valence-corrected chi connectivity index (χ0v) is 26.4. The molecule has 5 rings (SSSR count). The first-order valence-corrected chi connectivity index (χ1v) is 16.8. The van der Waals surface area contributed by atoms with Crippen LogP contribution in [-0.4, -0.2) is 71.8 Å². The van der Waals surface area contributed by atoms with Crippen LogP contribution in [0.3, 0.4) is 0 Å². The largest absolute Gasteiger partial charge is 0.465 e. The highest BCUT2D eigenvalue weighted by atomic mass is 35.5. The van der Waals surface area contributed by atoms with Crippen molar-refractivity contribution in [3.8, 4) is 0 Å². The lowest BCUT2D eigenvalue weighted by atomic mass is 9.84. The molecule has 16 heteroatoms. The van der Waals surface area contributed by atoms with Gasteiger partial charge >= 0.3 is 12.3 Å². The number of piperazine rings is 1. The number of carbonyl (C=O) groups is 2. The van der Waals surface area contributed by atoms with Crippen molar-refractivity contribution in [2.45, 2.75) is 55.9 Å². The molecule has 2 aromatic carbocycles. The summed E-state index contributed by atoms with van der Waals surface area (Å²) in [5.41, 5.74) is -0.969. The number of nitrogens with zero attached hydrogens (tertiary/aromatic N) is 2. The maximum atomic E-state index is 15.3. The van der Waals surface area contributed by atoms with Crippen molar-refractivity contribution < 1.29 is 40.7 Å². The van der Waals surface area contributed by atoms with Crippen molar-refractivity contribution in [1.29, 1.82) is 0 Å². The van der Waals surface area contributed by atoms with Gasteiger partial charge in [-0.2, -0.15) is 17.5 Å². The van der Waals surface area contributed by atoms with Crippen molar-refractivity contribution in [3.05, 3.63) is 94.0 Å². The first-order chi connectivity index (χ1) is 22.2. The molecule has 2 aliphatic heterocycles. The van der Waals surface area contributed by atoms with Crippen LogP contribution in [0.15, 0.2) is 60.8 Å². The first-order valence-electron chi connectivity index (χ1n) is 14.8. The highest BCUT2D eigenvalue weighted by Gasteiger charge is 2.39. The summed E-state index contributed by atoms with van der Waals surface area (Å²) < 4.78 is 83.4. The van der Waals surface area contributed by atoms with E-state index in [0.717, 1.165) is 18.7 Å². The predicted octanol–water partition coefficient (Wildman–Crippen LogP) is 5.00. The normalized spacial score (nSPS) is 22.0. The molecule has 0 spiro atoms. The van der Waals surface area contributed by atoms with Crippen LogP contribution < -0.4 is 16.0 Å². The van der Waals surface area contributed by atoms with Gasteiger partial charge in [-0.15, -0.1) is 0 Å². The number of nitrogens with one attached hydrogen (secondary N) is 3. The second kappa shape index (κ2) is 14.1. The van der Waals surface area contributed by atoms with E-state index in [0.29, 0.717) is 24.5 Å². The molecule has 1 aromatic heterocycles. The van der Waals surface area contributed by atoms with E-state index >= 15 is 4.39 Å². The minimum absolute atomic E-state index is 0.00752. The summed E-state index contributed by atoms with van der Waals surface area (Å²) in [5, 5.41) is 18.1. The molecule has 0 aliphatic carbocycles. The maximum Gasteiger partial charge on any atom is 0.433 e. The SMILES string of the molecule is O=C(O)N[C@H](C(=O)Nc1cccc(F)c1CCC1CNC2CCCS(=O)(=O)N1C2)[C@@H](c1ccc(Cl)cc1)c1ccnc(C(F)(F)F)c1. The molecular weight excluding hydrogens is 666 g/mol. The Hall–Kier alpha value is -3.79. The van der Waals surface area contributed by atoms with Gasteiger partial charge < -0.3 is 21.1 Å². The van der Waals surface area contributed by atoms with Crippen LogP contribution >= 0.6 is 11.6 Å². The van der Waals surface area contributed by atoms with Gasteiger partial charge in [-0.05, 0) is 73.2 Å². The van der Waals surface area contributed by atoms with E-state index in [4.69, 9.17) is 11.6 Å². The smallest absolute Gasteiger partial charge is 0.433 e. The van der Waals surface area contributed by atoms with Crippen LogP contribution in [0.2, 0.25) is 5.02 Å². The molecular formula is C31H32ClF4N5O5S. The van der Waals surface area contributed by atoms with Crippen LogP contribution in [0, 0.1) is 5.82 Å². The second-order valence-electron chi connectivity index (χ2n) is 11.5. The number of rotatable bonds is 9. The molecule has 3 unspecified atom stereocenters. The lowest BCUT2D eigenvalue weighted by Gasteiger charge is -2.37. The fourth-order valence-corrected chi connectivity index (χ4v) is 8.11. The number of amides is 2. The van der Waals surface area contributed by atoms with Crippen LogP contribution in [0.25, 0.3) is 0 Å². The molecule has 0 radical (unpaired) electrons. The van der Waals surface area contributed by atoms with Gasteiger partial charge in [-0.3, -0.25) is 9.78 Å². The topological polar surface area (TPSA) is 141 Å². The monoisotopic (exact) mass is 697 g/mol. The van der Waals surface area contributed by atoms with Gasteiger partial charge in [0, 0.05) is 53.6 Å². The average Bonchev–Trinajstić information content (AvgIpc) is 3.12. The Morgan fingerprint density at radius 1 is 1.13 bits per heavy atom. The van der Waals surface area contributed by atoms with E-state index in [9.17, 15) is 36.3 Å². The van der Waals surface area contributed by atoms with Gasteiger partial charge in [0.15, 0.2) is 0 Å². The number of sulfonamides is 1. The molecule has 2 bridgehead atoms. The number of pyridine rings is 1. The number of hydrogen-bond acceptors (Lipinski definition) is 6. The lowest BCUT2D eigenvalue weighted by Crippen LogP contribution is -2.57. The number of alkyl halides is 3. The Morgan fingerprint density at radius 2 is 1.87 bits per heavy atom. The summed E-state index contributed by atoms with van der Waals surface area (Å²) in [6, 6.07) is 9.60. The van der Waals surface area contributed by atoms with E-state index in [1.54, 1.807) is 0 Å². The average molecular weight is 698 g/mol. The molecule has 5 atom stereocenters. The van der Waals surface area contributed by atoms with E-state index in [1.165, 1.54) is 52.8 Å². The fraction of sp³-hybridized carbons (Fsp3) is 0.387. The third-order valence-electron chi connectivity index (χ3n) is 8.42. The van der Waals surface area contributed by atoms with Crippen LogP contribution in [0.4, 0.5) is 28.0 Å². The summed E-state index contributed by atoms with van der Waals surface area (Å²) in [7, 11) is -3.50. The summed E-state index contributed by atoms with van der Waals surface area (Å²) >= 11 is 6.03. The lowest BCUT2D eigenvalue weighted by molar-refractivity contribution is -0.141. The molecule has 0 saturated carbocycles. The Bertz CT molecular complexity index is 1730. The van der Waals surface area contributed by atoms with E-state index in [-0.39, 0.29) is 47.0 Å². The second-order valence-corrected chi connectivity index (χ2v) is 14.0. The number of benzene rings is 2. The molecule has 2 aliphatic rings.